The molecule has 0 aliphatic carbocycles. The van der Waals surface area contributed by atoms with Gasteiger partial charge in [-0.25, -0.2) is 4.79 Å². The Morgan fingerprint density at radius 1 is 1.15 bits per heavy atom. The normalized spacial score (nSPS) is 11.9. The van der Waals surface area contributed by atoms with Gasteiger partial charge in [-0.3, -0.25) is 0 Å². The lowest BCUT2D eigenvalue weighted by Gasteiger charge is -2.36. The predicted octanol–water partition coefficient (Wildman–Crippen LogP) is 4.18. The van der Waals surface area contributed by atoms with E-state index in [1.54, 1.807) is 12.1 Å². The van der Waals surface area contributed by atoms with Crippen molar-refractivity contribution >= 4 is 14.4 Å². The smallest absolute Gasteiger partial charge is 0.412 e. The third kappa shape index (κ3) is 4.56. The van der Waals surface area contributed by atoms with Gasteiger partial charge in [0.1, 0.15) is 11.5 Å². The van der Waals surface area contributed by atoms with Crippen molar-refractivity contribution in [1.29, 1.82) is 0 Å². The van der Waals surface area contributed by atoms with Crippen LogP contribution in [0.3, 0.4) is 0 Å². The maximum absolute atomic E-state index is 11.3. The molecule has 1 aromatic carbocycles. The van der Waals surface area contributed by atoms with E-state index in [0.717, 1.165) is 5.75 Å². The number of hydrogen-bond acceptors (Lipinski definition) is 3. The maximum Gasteiger partial charge on any atom is 0.412 e. The average molecular weight is 295 g/mol. The number of benzene rings is 1. The van der Waals surface area contributed by atoms with Crippen LogP contribution in [0.5, 0.6) is 11.5 Å². The molecule has 0 saturated carbocycles. The van der Waals surface area contributed by atoms with Crippen LogP contribution in [0, 0.1) is 0 Å². The van der Waals surface area contributed by atoms with E-state index in [4.69, 9.17) is 9.16 Å². The molecule has 0 bridgehead atoms. The van der Waals surface area contributed by atoms with E-state index >= 15 is 0 Å². The highest BCUT2D eigenvalue weighted by atomic mass is 28.4. The molecule has 0 spiro atoms. The number of hydrogen-bond donors (Lipinski definition) is 1. The number of carbonyl (C=O) groups excluding carboxylic acids is 1. The van der Waals surface area contributed by atoms with Crippen LogP contribution in [0.1, 0.15) is 27.7 Å². The number of amides is 1. The van der Waals surface area contributed by atoms with Crippen LogP contribution in [0.15, 0.2) is 24.3 Å². The Balaban J connectivity index is 2.70. The summed E-state index contributed by atoms with van der Waals surface area (Å²) >= 11 is 0. The Morgan fingerprint density at radius 3 is 2.10 bits per heavy atom. The molecular weight excluding hydrogens is 270 g/mol. The second kappa shape index (κ2) is 6.30. The zero-order chi connectivity index (χ0) is 15.4. The summed E-state index contributed by atoms with van der Waals surface area (Å²) in [4.78, 5) is 11.3. The van der Waals surface area contributed by atoms with Crippen molar-refractivity contribution in [1.82, 2.24) is 5.32 Å². The zero-order valence-electron chi connectivity index (χ0n) is 13.2. The first-order valence-corrected chi connectivity index (χ1v) is 9.81. The minimum absolute atomic E-state index is 0.156. The minimum Gasteiger partial charge on any atom is -0.543 e. The molecule has 1 amide bonds. The van der Waals surface area contributed by atoms with Crippen molar-refractivity contribution in [2.75, 3.05) is 6.54 Å². The van der Waals surface area contributed by atoms with Gasteiger partial charge >= 0.3 is 6.09 Å². The lowest BCUT2D eigenvalue weighted by atomic mass is 10.2. The van der Waals surface area contributed by atoms with Gasteiger partial charge in [0, 0.05) is 6.54 Å². The molecule has 0 aliphatic rings. The molecule has 0 aromatic heterocycles. The van der Waals surface area contributed by atoms with Gasteiger partial charge in [-0.2, -0.15) is 0 Å². The van der Waals surface area contributed by atoms with Crippen LogP contribution >= 0.6 is 0 Å². The molecule has 0 fully saturated rings. The highest BCUT2D eigenvalue weighted by Crippen LogP contribution is 2.37. The fourth-order valence-corrected chi connectivity index (χ4v) is 2.34. The molecule has 1 aromatic rings. The monoisotopic (exact) mass is 295 g/mol. The summed E-state index contributed by atoms with van der Waals surface area (Å²) in [6, 6.07) is 7.18. The van der Waals surface area contributed by atoms with E-state index < -0.39 is 14.4 Å². The van der Waals surface area contributed by atoms with E-state index in [0.29, 0.717) is 12.3 Å². The number of carbonyl (C=O) groups is 1. The summed E-state index contributed by atoms with van der Waals surface area (Å²) in [6.07, 6.45) is -0.439. The van der Waals surface area contributed by atoms with Crippen LogP contribution in [0.25, 0.3) is 0 Å². The van der Waals surface area contributed by atoms with E-state index in [-0.39, 0.29) is 5.04 Å². The molecule has 4 nitrogen and oxygen atoms in total. The van der Waals surface area contributed by atoms with E-state index in [1.165, 1.54) is 0 Å². The Labute approximate surface area is 122 Å². The van der Waals surface area contributed by atoms with Crippen LogP contribution in [0.2, 0.25) is 18.1 Å². The van der Waals surface area contributed by atoms with Crippen molar-refractivity contribution in [2.24, 2.45) is 0 Å². The summed E-state index contributed by atoms with van der Waals surface area (Å²) in [5.74, 6) is 1.33. The van der Waals surface area contributed by atoms with Crippen molar-refractivity contribution in [3.8, 4) is 11.5 Å². The zero-order valence-corrected chi connectivity index (χ0v) is 14.2. The highest BCUT2D eigenvalue weighted by Gasteiger charge is 2.38. The summed E-state index contributed by atoms with van der Waals surface area (Å²) < 4.78 is 11.3. The first-order valence-electron chi connectivity index (χ1n) is 6.90. The Morgan fingerprint density at radius 2 is 1.65 bits per heavy atom. The van der Waals surface area contributed by atoms with Gasteiger partial charge in [-0.15, -0.1) is 0 Å². The summed E-state index contributed by atoms with van der Waals surface area (Å²) in [6.45, 7) is 13.4. The van der Waals surface area contributed by atoms with E-state index in [1.807, 2.05) is 19.1 Å². The molecule has 1 rings (SSSR count). The Kier molecular flexibility index (Phi) is 5.22. The Bertz CT molecular complexity index is 449. The topological polar surface area (TPSA) is 47.6 Å². The van der Waals surface area contributed by atoms with Gasteiger partial charge in [-0.05, 0) is 49.3 Å². The first kappa shape index (κ1) is 16.6. The highest BCUT2D eigenvalue weighted by molar-refractivity contribution is 6.74. The lowest BCUT2D eigenvalue weighted by Crippen LogP contribution is -2.43. The minimum atomic E-state index is -1.83. The van der Waals surface area contributed by atoms with Crippen molar-refractivity contribution < 1.29 is 14.0 Å². The maximum atomic E-state index is 11.3. The fourth-order valence-electron chi connectivity index (χ4n) is 1.31. The molecule has 0 atom stereocenters. The molecular formula is C15H25NO3Si. The quantitative estimate of drug-likeness (QED) is 0.848. The van der Waals surface area contributed by atoms with Gasteiger partial charge in [-0.1, -0.05) is 20.8 Å². The summed E-state index contributed by atoms with van der Waals surface area (Å²) in [5, 5.41) is 2.74. The molecule has 0 heterocycles. The average Bonchev–Trinajstić information content (AvgIpc) is 2.30. The molecule has 1 N–H and O–H groups in total. The molecule has 5 heteroatoms. The third-order valence-electron chi connectivity index (χ3n) is 3.53. The van der Waals surface area contributed by atoms with Crippen molar-refractivity contribution in [2.45, 2.75) is 45.8 Å². The fraction of sp³-hybridized carbons (Fsp3) is 0.533. The van der Waals surface area contributed by atoms with Gasteiger partial charge in [0.2, 0.25) is 8.32 Å². The molecule has 112 valence electrons. The number of rotatable bonds is 4. The van der Waals surface area contributed by atoms with Crippen molar-refractivity contribution in [3.05, 3.63) is 24.3 Å². The van der Waals surface area contributed by atoms with Crippen LogP contribution in [-0.2, 0) is 0 Å². The van der Waals surface area contributed by atoms with Gasteiger partial charge in [0.25, 0.3) is 0 Å². The van der Waals surface area contributed by atoms with E-state index in [9.17, 15) is 4.79 Å². The molecule has 0 radical (unpaired) electrons. The van der Waals surface area contributed by atoms with Crippen LogP contribution in [-0.4, -0.2) is 21.0 Å². The molecule has 20 heavy (non-hydrogen) atoms. The molecule has 0 saturated heterocycles. The molecule has 0 aliphatic heterocycles. The lowest BCUT2D eigenvalue weighted by molar-refractivity contribution is 0.201. The first-order chi connectivity index (χ1) is 9.15. The number of ether oxygens (including phenoxy) is 1. The second-order valence-corrected chi connectivity index (χ2v) is 11.0. The third-order valence-corrected chi connectivity index (χ3v) is 7.89. The summed E-state index contributed by atoms with van der Waals surface area (Å²) in [5.41, 5.74) is 0. The predicted molar refractivity (Wildman–Crippen MR) is 84.0 cm³/mol. The molecule has 0 unspecified atom stereocenters. The summed E-state index contributed by atoms with van der Waals surface area (Å²) in [7, 11) is -1.83. The number of nitrogens with one attached hydrogen (secondary N) is 1. The van der Waals surface area contributed by atoms with Gasteiger partial charge in [0.15, 0.2) is 0 Å². The van der Waals surface area contributed by atoms with Crippen LogP contribution in [0.4, 0.5) is 4.79 Å². The van der Waals surface area contributed by atoms with E-state index in [2.05, 4.69) is 39.2 Å². The Hall–Kier alpha value is -1.49. The van der Waals surface area contributed by atoms with Gasteiger partial charge < -0.3 is 14.5 Å². The largest absolute Gasteiger partial charge is 0.543 e. The van der Waals surface area contributed by atoms with Crippen molar-refractivity contribution in [3.63, 3.8) is 0 Å². The SMILES string of the molecule is CCNC(=O)Oc1ccc(O[Si](C)(C)C(C)(C)C)cc1. The van der Waals surface area contributed by atoms with Crippen LogP contribution < -0.4 is 14.5 Å². The second-order valence-electron chi connectivity index (χ2n) is 6.25. The van der Waals surface area contributed by atoms with Gasteiger partial charge in [0.05, 0.1) is 0 Å². The standard InChI is InChI=1S/C15H25NO3Si/c1-7-16-14(17)18-12-8-10-13(11-9-12)19-20(5,6)15(2,3)4/h8-11H,7H2,1-6H3,(H,16,17).